The van der Waals surface area contributed by atoms with E-state index < -0.39 is 0 Å². The van der Waals surface area contributed by atoms with Crippen LogP contribution in [0.2, 0.25) is 0 Å². The molecule has 0 aliphatic heterocycles. The molecule has 0 bridgehead atoms. The Kier molecular flexibility index (Phi) is 6.50. The topological polar surface area (TPSA) is 3.24 Å². The first kappa shape index (κ1) is 27.9. The lowest BCUT2D eigenvalue weighted by Gasteiger charge is -2.32. The quantitative estimate of drug-likeness (QED) is 0.181. The molecular formula is C44H41N. The van der Waals surface area contributed by atoms with E-state index in [-0.39, 0.29) is 10.8 Å². The van der Waals surface area contributed by atoms with Crippen LogP contribution in [0, 0.1) is 0 Å². The fraction of sp³-hybridized carbons (Fsp3) is 0.227. The molecule has 222 valence electrons. The molecule has 0 radical (unpaired) electrons. The minimum atomic E-state index is 0.0318. The maximum absolute atomic E-state index is 2.49. The molecule has 2 aliphatic carbocycles. The highest BCUT2D eigenvalue weighted by atomic mass is 15.1. The van der Waals surface area contributed by atoms with Crippen LogP contribution in [0.1, 0.15) is 75.6 Å². The van der Waals surface area contributed by atoms with Crippen LogP contribution in [0.3, 0.4) is 0 Å². The van der Waals surface area contributed by atoms with E-state index in [0.29, 0.717) is 0 Å². The van der Waals surface area contributed by atoms with Crippen molar-refractivity contribution in [2.75, 3.05) is 4.90 Å². The van der Waals surface area contributed by atoms with Crippen molar-refractivity contribution in [2.45, 2.75) is 64.2 Å². The molecule has 0 N–H and O–H groups in total. The number of benzene rings is 6. The Morgan fingerprint density at radius 1 is 0.378 bits per heavy atom. The Balaban J connectivity index is 1.34. The van der Waals surface area contributed by atoms with Gasteiger partial charge in [0, 0.05) is 27.9 Å². The second-order valence-electron chi connectivity index (χ2n) is 13.0. The Morgan fingerprint density at radius 2 is 0.889 bits per heavy atom. The molecule has 0 fully saturated rings. The second-order valence-corrected chi connectivity index (χ2v) is 13.0. The summed E-state index contributed by atoms with van der Waals surface area (Å²) in [5.74, 6) is 0. The maximum atomic E-state index is 2.49. The summed E-state index contributed by atoms with van der Waals surface area (Å²) in [6.45, 7) is 9.43. The van der Waals surface area contributed by atoms with Crippen molar-refractivity contribution < 1.29 is 0 Å². The van der Waals surface area contributed by atoms with E-state index in [0.717, 1.165) is 25.7 Å². The van der Waals surface area contributed by atoms with Crippen LogP contribution in [-0.4, -0.2) is 0 Å². The first-order chi connectivity index (χ1) is 22.1. The molecule has 1 heteroatoms. The molecule has 45 heavy (non-hydrogen) atoms. The van der Waals surface area contributed by atoms with Gasteiger partial charge in [0.1, 0.15) is 0 Å². The second kappa shape index (κ2) is 10.5. The van der Waals surface area contributed by atoms with Gasteiger partial charge in [0.15, 0.2) is 0 Å². The minimum Gasteiger partial charge on any atom is -0.310 e. The summed E-state index contributed by atoms with van der Waals surface area (Å²) in [6.07, 6.45) is 4.35. The monoisotopic (exact) mass is 583 g/mol. The van der Waals surface area contributed by atoms with Crippen molar-refractivity contribution in [2.24, 2.45) is 0 Å². The van der Waals surface area contributed by atoms with Crippen molar-refractivity contribution in [3.63, 3.8) is 0 Å². The summed E-state index contributed by atoms with van der Waals surface area (Å²) >= 11 is 0. The zero-order chi connectivity index (χ0) is 30.8. The largest absolute Gasteiger partial charge is 0.310 e. The highest BCUT2D eigenvalue weighted by Gasteiger charge is 2.42. The van der Waals surface area contributed by atoms with Crippen LogP contribution in [0.5, 0.6) is 0 Å². The number of anilines is 3. The number of rotatable bonds is 7. The van der Waals surface area contributed by atoms with Crippen molar-refractivity contribution >= 4 is 27.8 Å². The average molecular weight is 584 g/mol. The third kappa shape index (κ3) is 3.86. The van der Waals surface area contributed by atoms with Crippen molar-refractivity contribution in [1.82, 2.24) is 0 Å². The predicted octanol–water partition coefficient (Wildman–Crippen LogP) is 12.5. The molecule has 1 nitrogen and oxygen atoms in total. The van der Waals surface area contributed by atoms with Crippen molar-refractivity contribution in [3.05, 3.63) is 150 Å². The molecule has 6 aromatic carbocycles. The predicted molar refractivity (Wildman–Crippen MR) is 192 cm³/mol. The van der Waals surface area contributed by atoms with Gasteiger partial charge in [-0.2, -0.15) is 0 Å². The molecule has 0 amide bonds. The minimum absolute atomic E-state index is 0.0318. The summed E-state index contributed by atoms with van der Waals surface area (Å²) in [6, 6.07) is 48.2. The lowest BCUT2D eigenvalue weighted by molar-refractivity contribution is 0.490. The van der Waals surface area contributed by atoms with E-state index in [9.17, 15) is 0 Å². The van der Waals surface area contributed by atoms with Crippen LogP contribution in [0.4, 0.5) is 17.1 Å². The molecule has 0 heterocycles. The molecule has 6 aromatic rings. The fourth-order valence-corrected chi connectivity index (χ4v) is 8.95. The van der Waals surface area contributed by atoms with E-state index in [1.165, 1.54) is 72.3 Å². The van der Waals surface area contributed by atoms with Crippen LogP contribution in [0.15, 0.2) is 127 Å². The van der Waals surface area contributed by atoms with E-state index in [1.54, 1.807) is 0 Å². The zero-order valence-corrected chi connectivity index (χ0v) is 26.9. The number of hydrogen-bond acceptors (Lipinski definition) is 1. The van der Waals surface area contributed by atoms with Crippen molar-refractivity contribution in [1.29, 1.82) is 0 Å². The number of hydrogen-bond donors (Lipinski definition) is 0. The average Bonchev–Trinajstić information content (AvgIpc) is 3.54. The number of para-hydroxylation sites is 1. The van der Waals surface area contributed by atoms with Gasteiger partial charge >= 0.3 is 0 Å². The van der Waals surface area contributed by atoms with Gasteiger partial charge in [0.25, 0.3) is 0 Å². The maximum Gasteiger partial charge on any atom is 0.0468 e. The third-order valence-electron chi connectivity index (χ3n) is 11.4. The van der Waals surface area contributed by atoms with Crippen LogP contribution < -0.4 is 4.90 Å². The molecular weight excluding hydrogens is 542 g/mol. The highest BCUT2D eigenvalue weighted by molar-refractivity contribution is 5.95. The van der Waals surface area contributed by atoms with E-state index in [1.807, 2.05) is 0 Å². The smallest absolute Gasteiger partial charge is 0.0468 e. The molecule has 0 saturated carbocycles. The summed E-state index contributed by atoms with van der Waals surface area (Å²) < 4.78 is 0. The Morgan fingerprint density at radius 3 is 1.60 bits per heavy atom. The van der Waals surface area contributed by atoms with E-state index in [4.69, 9.17) is 0 Å². The lowest BCUT2D eigenvalue weighted by Crippen LogP contribution is -2.23. The normalized spacial score (nSPS) is 14.9. The van der Waals surface area contributed by atoms with E-state index in [2.05, 4.69) is 160 Å². The molecule has 0 atom stereocenters. The standard InChI is InChI=1S/C44H41N/c1-5-43(6-2)39-21-15-14-20-35(39)36-24-22-34(29-42(36)43)45(32-18-10-9-11-19-32)33-23-25-40-38(28-33)37-26-30-16-12-13-17-31(30)27-41(37)44(40,7-3)8-4/h9-29H,5-8H2,1-4H3. The third-order valence-corrected chi connectivity index (χ3v) is 11.4. The van der Waals surface area contributed by atoms with Crippen LogP contribution in [0.25, 0.3) is 33.0 Å². The van der Waals surface area contributed by atoms with E-state index >= 15 is 0 Å². The number of fused-ring (bicyclic) bond motifs is 7. The van der Waals surface area contributed by atoms with Gasteiger partial charge in [-0.25, -0.2) is 0 Å². The van der Waals surface area contributed by atoms with Crippen molar-refractivity contribution in [3.8, 4) is 22.3 Å². The van der Waals surface area contributed by atoms with Crippen LogP contribution in [-0.2, 0) is 10.8 Å². The first-order valence-electron chi connectivity index (χ1n) is 16.9. The Labute approximate surface area is 268 Å². The van der Waals surface area contributed by atoms with Gasteiger partial charge in [-0.15, -0.1) is 0 Å². The Hall–Kier alpha value is -4.62. The van der Waals surface area contributed by atoms with Gasteiger partial charge < -0.3 is 4.90 Å². The summed E-state index contributed by atoms with van der Waals surface area (Å²) in [5.41, 5.74) is 15.1. The van der Waals surface area contributed by atoms with Gasteiger partial charge in [-0.1, -0.05) is 107 Å². The molecule has 8 rings (SSSR count). The fourth-order valence-electron chi connectivity index (χ4n) is 8.95. The first-order valence-corrected chi connectivity index (χ1v) is 16.9. The molecule has 2 aliphatic rings. The molecule has 0 spiro atoms. The lowest BCUT2D eigenvalue weighted by atomic mass is 9.73. The van der Waals surface area contributed by atoms with Gasteiger partial charge in [-0.3, -0.25) is 0 Å². The van der Waals surface area contributed by atoms with Gasteiger partial charge in [0.2, 0.25) is 0 Å². The molecule has 0 saturated heterocycles. The highest BCUT2D eigenvalue weighted by Crippen LogP contribution is 2.56. The number of nitrogens with zero attached hydrogens (tertiary/aromatic N) is 1. The van der Waals surface area contributed by atoms with Gasteiger partial charge in [0.05, 0.1) is 0 Å². The van der Waals surface area contributed by atoms with Crippen LogP contribution >= 0.6 is 0 Å². The Bertz CT molecular complexity index is 2060. The zero-order valence-electron chi connectivity index (χ0n) is 26.9. The summed E-state index contributed by atoms with van der Waals surface area (Å²) in [5, 5.41) is 2.64. The summed E-state index contributed by atoms with van der Waals surface area (Å²) in [7, 11) is 0. The molecule has 0 aromatic heterocycles. The SMILES string of the molecule is CCC1(CC)c2ccccc2-c2ccc(N(c3ccccc3)c3ccc4c(c3)-c3cc5ccccc5cc3C4(CC)CC)cc21. The van der Waals surface area contributed by atoms with Gasteiger partial charge in [-0.05, 0) is 129 Å². The molecule has 0 unspecified atom stereocenters. The summed E-state index contributed by atoms with van der Waals surface area (Å²) in [4.78, 5) is 2.47.